The molecule has 1 N–H and O–H groups in total. The molecule has 0 aliphatic carbocycles. The molecule has 22 heavy (non-hydrogen) atoms. The van der Waals surface area contributed by atoms with Gasteiger partial charge in [0.2, 0.25) is 0 Å². The van der Waals surface area contributed by atoms with Crippen LogP contribution in [0.2, 0.25) is 0 Å². The van der Waals surface area contributed by atoms with Crippen molar-refractivity contribution < 1.29 is 9.84 Å². The third kappa shape index (κ3) is 2.83. The maximum Gasteiger partial charge on any atom is 0.120 e. The highest BCUT2D eigenvalue weighted by Crippen LogP contribution is 2.35. The van der Waals surface area contributed by atoms with Crippen molar-refractivity contribution >= 4 is 50.1 Å². The van der Waals surface area contributed by atoms with Crippen LogP contribution in [0.25, 0.3) is 21.8 Å². The number of pyridine rings is 1. The van der Waals surface area contributed by atoms with Crippen molar-refractivity contribution in [1.82, 2.24) is 4.98 Å². The summed E-state index contributed by atoms with van der Waals surface area (Å²) in [6, 6.07) is 12.2. The van der Waals surface area contributed by atoms with E-state index in [2.05, 4.69) is 45.7 Å². The summed E-state index contributed by atoms with van der Waals surface area (Å²) < 4.78 is 6.70. The number of nitrogens with zero attached hydrogens (tertiary/aromatic N) is 2. The lowest BCUT2D eigenvalue weighted by atomic mass is 10.1. The average molecular weight is 406 g/mol. The minimum atomic E-state index is 0.00693. The van der Waals surface area contributed by atoms with E-state index in [-0.39, 0.29) is 6.61 Å². The summed E-state index contributed by atoms with van der Waals surface area (Å²) in [5.74, 6) is 0.747. The second-order valence-electron chi connectivity index (χ2n) is 5.27. The molecule has 0 spiro atoms. The van der Waals surface area contributed by atoms with Crippen molar-refractivity contribution in [2.24, 2.45) is 0 Å². The Morgan fingerprint density at radius 2 is 1.91 bits per heavy atom. The van der Waals surface area contributed by atoms with E-state index >= 15 is 0 Å². The zero-order valence-corrected chi connectivity index (χ0v) is 14.7. The van der Waals surface area contributed by atoms with Gasteiger partial charge in [-0.05, 0) is 59.0 Å². The molecule has 1 aromatic heterocycles. The van der Waals surface area contributed by atoms with Gasteiger partial charge in [-0.3, -0.25) is 0 Å². The topological polar surface area (TPSA) is 45.6 Å². The molecule has 3 aromatic rings. The van der Waals surface area contributed by atoms with Crippen LogP contribution in [0.3, 0.4) is 0 Å². The Hall–Kier alpha value is -1.60. The first-order valence-corrected chi connectivity index (χ1v) is 8.12. The number of rotatable bonds is 4. The Morgan fingerprint density at radius 3 is 2.64 bits per heavy atom. The molecule has 0 fully saturated rings. The van der Waals surface area contributed by atoms with Crippen LogP contribution >= 0.6 is 22.6 Å². The number of hydrogen-bond donors (Lipinski definition) is 1. The smallest absolute Gasteiger partial charge is 0.120 e. The minimum Gasteiger partial charge on any atom is -0.491 e. The highest BCUT2D eigenvalue weighted by atomic mass is 125. The number of anilines is 1. The third-order valence-corrected chi connectivity index (χ3v) is 4.16. The van der Waals surface area contributed by atoms with E-state index < -0.39 is 0 Å². The van der Waals surface area contributed by atoms with Crippen LogP contribution in [0.5, 0.6) is 5.75 Å². The van der Waals surface area contributed by atoms with Crippen LogP contribution in [-0.2, 0) is 0 Å². The summed E-state index contributed by atoms with van der Waals surface area (Å²) in [7, 11) is 4.07. The molecular weight excluding hydrogens is 389 g/mol. The van der Waals surface area contributed by atoms with E-state index in [0.29, 0.717) is 6.61 Å². The van der Waals surface area contributed by atoms with E-state index in [1.807, 2.05) is 32.3 Å². The number of benzene rings is 2. The molecule has 0 atom stereocenters. The van der Waals surface area contributed by atoms with Gasteiger partial charge < -0.3 is 14.7 Å². The minimum absolute atomic E-state index is 0.00693. The van der Waals surface area contributed by atoms with Gasteiger partial charge in [-0.15, -0.1) is 0 Å². The van der Waals surface area contributed by atoms with Crippen LogP contribution in [-0.4, -0.2) is 37.4 Å². The fourth-order valence-corrected chi connectivity index (χ4v) is 3.08. The lowest BCUT2D eigenvalue weighted by molar-refractivity contribution is 0.201. The molecule has 0 saturated carbocycles. The summed E-state index contributed by atoms with van der Waals surface area (Å²) in [6.45, 7) is 0.301. The first-order chi connectivity index (χ1) is 10.6. The van der Waals surface area contributed by atoms with Crippen LogP contribution in [0.15, 0.2) is 36.4 Å². The molecule has 0 aliphatic heterocycles. The molecule has 0 radical (unpaired) electrons. The van der Waals surface area contributed by atoms with Crippen molar-refractivity contribution in [3.63, 3.8) is 0 Å². The summed E-state index contributed by atoms with van der Waals surface area (Å²) in [5.41, 5.74) is 3.06. The van der Waals surface area contributed by atoms with E-state index in [1.54, 1.807) is 0 Å². The van der Waals surface area contributed by atoms with Crippen molar-refractivity contribution in [1.29, 1.82) is 0 Å². The molecule has 1 heterocycles. The molecule has 0 aliphatic rings. The lowest BCUT2D eigenvalue weighted by Crippen LogP contribution is -2.10. The Balaban J connectivity index is 2.29. The van der Waals surface area contributed by atoms with Gasteiger partial charge in [-0.1, -0.05) is 0 Å². The number of halogens is 1. The third-order valence-electron chi connectivity index (χ3n) is 3.49. The number of fused-ring (bicyclic) bond motifs is 2. The number of aromatic nitrogens is 1. The standard InChI is InChI=1S/C17H17IN2O2/c1-20(2)17-13-5-3-11(18)9-16(13)19-15-6-4-12(10-14(15)17)22-8-7-21/h3-6,9-10,21H,7-8H2,1-2H3/i18-2. The van der Waals surface area contributed by atoms with E-state index in [1.165, 1.54) is 3.57 Å². The lowest BCUT2D eigenvalue weighted by Gasteiger charge is -2.19. The van der Waals surface area contributed by atoms with Gasteiger partial charge in [-0.25, -0.2) is 4.98 Å². The monoisotopic (exact) mass is 406 g/mol. The molecule has 0 unspecified atom stereocenters. The van der Waals surface area contributed by atoms with Crippen LogP contribution in [0.1, 0.15) is 0 Å². The molecule has 0 saturated heterocycles. The molecule has 4 nitrogen and oxygen atoms in total. The fourth-order valence-electron chi connectivity index (χ4n) is 2.61. The SMILES string of the molecule is CN(C)c1c2ccc([125I])cc2nc2ccc(OCCO)cc12. The van der Waals surface area contributed by atoms with Gasteiger partial charge in [0, 0.05) is 28.4 Å². The maximum atomic E-state index is 8.90. The highest BCUT2D eigenvalue weighted by molar-refractivity contribution is 14.1. The van der Waals surface area contributed by atoms with Gasteiger partial charge in [0.15, 0.2) is 0 Å². The number of hydrogen-bond acceptors (Lipinski definition) is 4. The number of ether oxygens (including phenoxy) is 1. The van der Waals surface area contributed by atoms with E-state index in [0.717, 1.165) is 33.2 Å². The Morgan fingerprint density at radius 1 is 1.09 bits per heavy atom. The van der Waals surface area contributed by atoms with Crippen molar-refractivity contribution in [3.05, 3.63) is 40.0 Å². The van der Waals surface area contributed by atoms with Crippen LogP contribution in [0, 0.1) is 3.57 Å². The molecule has 114 valence electrons. The average Bonchev–Trinajstić information content (AvgIpc) is 2.50. The van der Waals surface area contributed by atoms with Gasteiger partial charge >= 0.3 is 0 Å². The van der Waals surface area contributed by atoms with Crippen molar-refractivity contribution in [3.8, 4) is 5.75 Å². The Bertz CT molecular complexity index is 834. The van der Waals surface area contributed by atoms with E-state index in [9.17, 15) is 0 Å². The quantitative estimate of drug-likeness (QED) is 0.533. The molecular formula is C17H17IN2O2. The summed E-state index contributed by atoms with van der Waals surface area (Å²) in [6.07, 6.45) is 0. The predicted molar refractivity (Wildman–Crippen MR) is 98.9 cm³/mol. The van der Waals surface area contributed by atoms with E-state index in [4.69, 9.17) is 14.8 Å². The molecule has 0 amide bonds. The second-order valence-corrected chi connectivity index (χ2v) is 6.51. The first kappa shape index (κ1) is 15.3. The first-order valence-electron chi connectivity index (χ1n) is 7.04. The largest absolute Gasteiger partial charge is 0.491 e. The fraction of sp³-hybridized carbons (Fsp3) is 0.235. The maximum absolute atomic E-state index is 8.90. The van der Waals surface area contributed by atoms with Gasteiger partial charge in [0.25, 0.3) is 0 Å². The van der Waals surface area contributed by atoms with Gasteiger partial charge in [0.05, 0.1) is 23.3 Å². The number of aliphatic hydroxyl groups is 1. The number of aliphatic hydroxyl groups excluding tert-OH is 1. The zero-order valence-electron chi connectivity index (χ0n) is 12.5. The van der Waals surface area contributed by atoms with Crippen LogP contribution < -0.4 is 9.64 Å². The Labute approximate surface area is 142 Å². The molecule has 3 rings (SSSR count). The summed E-state index contributed by atoms with van der Waals surface area (Å²) >= 11 is 2.30. The van der Waals surface area contributed by atoms with Crippen molar-refractivity contribution in [2.75, 3.05) is 32.2 Å². The molecule has 2 aromatic carbocycles. The molecule has 5 heteroatoms. The summed E-state index contributed by atoms with van der Waals surface area (Å²) in [5, 5.41) is 11.1. The summed E-state index contributed by atoms with van der Waals surface area (Å²) in [4.78, 5) is 6.87. The van der Waals surface area contributed by atoms with Gasteiger partial charge in [0.1, 0.15) is 12.4 Å². The van der Waals surface area contributed by atoms with Crippen LogP contribution in [0.4, 0.5) is 5.69 Å². The Kier molecular flexibility index (Phi) is 4.35. The van der Waals surface area contributed by atoms with Gasteiger partial charge in [-0.2, -0.15) is 0 Å². The molecule has 0 bridgehead atoms. The predicted octanol–water partition coefficient (Wildman–Crippen LogP) is 3.43. The highest BCUT2D eigenvalue weighted by Gasteiger charge is 2.12. The van der Waals surface area contributed by atoms with Crippen molar-refractivity contribution in [2.45, 2.75) is 0 Å². The normalized spacial score (nSPS) is 11.1. The zero-order chi connectivity index (χ0) is 15.7. The second kappa shape index (κ2) is 6.26.